The molecule has 2 aromatic heterocycles. The number of hydrogen-bond acceptors (Lipinski definition) is 3. The van der Waals surface area contributed by atoms with Crippen molar-refractivity contribution in [3.05, 3.63) is 47.1 Å². The molecule has 0 spiro atoms. The molecule has 0 fully saturated rings. The summed E-state index contributed by atoms with van der Waals surface area (Å²) in [5, 5.41) is 6.42. The van der Waals surface area contributed by atoms with Gasteiger partial charge in [-0.2, -0.15) is 0 Å². The van der Waals surface area contributed by atoms with Gasteiger partial charge in [0.25, 0.3) is 5.91 Å². The number of fused-ring (bicyclic) bond motifs is 1. The molecule has 2 heterocycles. The lowest BCUT2D eigenvalue weighted by Crippen LogP contribution is -2.11. The molecule has 90 valence electrons. The fourth-order valence-corrected chi connectivity index (χ4v) is 2.45. The Morgan fingerprint density at radius 1 is 1.39 bits per heavy atom. The maximum Gasteiger partial charge on any atom is 0.257 e. The predicted octanol–water partition coefficient (Wildman–Crippen LogP) is 3.19. The molecule has 0 bridgehead atoms. The van der Waals surface area contributed by atoms with Gasteiger partial charge in [-0.05, 0) is 30.5 Å². The highest BCUT2D eigenvalue weighted by Crippen LogP contribution is 2.18. The number of nitrogens with zero attached hydrogens (tertiary/aromatic N) is 1. The van der Waals surface area contributed by atoms with Crippen molar-refractivity contribution in [2.45, 2.75) is 6.92 Å². The highest BCUT2D eigenvalue weighted by Gasteiger charge is 2.09. The lowest BCUT2D eigenvalue weighted by Gasteiger charge is -2.01. The molecule has 0 aliphatic heterocycles. The lowest BCUT2D eigenvalue weighted by atomic mass is 10.1. The van der Waals surface area contributed by atoms with E-state index < -0.39 is 0 Å². The fourth-order valence-electron chi connectivity index (χ4n) is 1.77. The Labute approximate surface area is 108 Å². The van der Waals surface area contributed by atoms with Crippen LogP contribution in [-0.2, 0) is 0 Å². The summed E-state index contributed by atoms with van der Waals surface area (Å²) in [6.07, 6.45) is 1.86. The maximum atomic E-state index is 12.0. The monoisotopic (exact) mass is 257 g/mol. The molecule has 4 nitrogen and oxygen atoms in total. The number of aromatic nitrogens is 2. The average molecular weight is 257 g/mol. The van der Waals surface area contributed by atoms with Crippen molar-refractivity contribution >= 4 is 33.3 Å². The number of H-pyrrole nitrogens is 1. The van der Waals surface area contributed by atoms with Gasteiger partial charge in [-0.1, -0.05) is 6.07 Å². The Hall–Kier alpha value is -2.14. The minimum Gasteiger partial charge on any atom is -0.361 e. The summed E-state index contributed by atoms with van der Waals surface area (Å²) in [6, 6.07) is 7.55. The first kappa shape index (κ1) is 11.0. The number of nitrogens with one attached hydrogen (secondary N) is 2. The SMILES string of the molecule is Cc1csc(NC(=O)c2ccc3cc[nH]c3c2)n1. The van der Waals surface area contributed by atoms with Crippen molar-refractivity contribution in [2.24, 2.45) is 0 Å². The first-order valence-corrected chi connectivity index (χ1v) is 6.41. The van der Waals surface area contributed by atoms with Crippen molar-refractivity contribution in [3.8, 4) is 0 Å². The highest BCUT2D eigenvalue weighted by molar-refractivity contribution is 7.13. The Morgan fingerprint density at radius 3 is 3.06 bits per heavy atom. The molecule has 0 radical (unpaired) electrons. The third-order valence-corrected chi connectivity index (χ3v) is 3.53. The van der Waals surface area contributed by atoms with Crippen molar-refractivity contribution in [1.29, 1.82) is 0 Å². The topological polar surface area (TPSA) is 57.8 Å². The highest BCUT2D eigenvalue weighted by atomic mass is 32.1. The zero-order chi connectivity index (χ0) is 12.5. The van der Waals surface area contributed by atoms with E-state index in [0.717, 1.165) is 16.6 Å². The number of benzene rings is 1. The lowest BCUT2D eigenvalue weighted by molar-refractivity contribution is 0.102. The molecule has 0 aliphatic carbocycles. The molecule has 0 unspecified atom stereocenters. The molecular formula is C13H11N3OS. The summed E-state index contributed by atoms with van der Waals surface area (Å²) in [5.74, 6) is -0.138. The van der Waals surface area contributed by atoms with E-state index in [1.54, 1.807) is 0 Å². The number of rotatable bonds is 2. The number of carbonyl (C=O) groups excluding carboxylic acids is 1. The van der Waals surface area contributed by atoms with E-state index in [9.17, 15) is 4.79 Å². The smallest absolute Gasteiger partial charge is 0.257 e. The maximum absolute atomic E-state index is 12.0. The van der Waals surface area contributed by atoms with Crippen LogP contribution in [0.4, 0.5) is 5.13 Å². The molecule has 5 heteroatoms. The summed E-state index contributed by atoms with van der Waals surface area (Å²) < 4.78 is 0. The van der Waals surface area contributed by atoms with Gasteiger partial charge >= 0.3 is 0 Å². The molecule has 0 atom stereocenters. The molecule has 1 aromatic carbocycles. The Morgan fingerprint density at radius 2 is 2.28 bits per heavy atom. The van der Waals surface area contributed by atoms with E-state index in [0.29, 0.717) is 10.7 Å². The normalized spacial score (nSPS) is 10.7. The van der Waals surface area contributed by atoms with E-state index in [4.69, 9.17) is 0 Å². The van der Waals surface area contributed by atoms with Gasteiger partial charge in [0.2, 0.25) is 0 Å². The van der Waals surface area contributed by atoms with Gasteiger partial charge in [-0.3, -0.25) is 10.1 Å². The summed E-state index contributed by atoms with van der Waals surface area (Å²) in [7, 11) is 0. The zero-order valence-corrected chi connectivity index (χ0v) is 10.5. The second kappa shape index (κ2) is 4.27. The standard InChI is InChI=1S/C13H11N3OS/c1-8-7-18-13(15-8)16-12(17)10-3-2-9-4-5-14-11(9)6-10/h2-7,14H,1H3,(H,15,16,17). The van der Waals surface area contributed by atoms with E-state index in [1.807, 2.05) is 42.8 Å². The van der Waals surface area contributed by atoms with E-state index in [1.165, 1.54) is 11.3 Å². The second-order valence-electron chi connectivity index (χ2n) is 4.03. The number of aryl methyl sites for hydroxylation is 1. The Balaban J connectivity index is 1.87. The number of amides is 1. The number of anilines is 1. The van der Waals surface area contributed by atoms with Crippen LogP contribution in [0.25, 0.3) is 10.9 Å². The second-order valence-corrected chi connectivity index (χ2v) is 4.89. The van der Waals surface area contributed by atoms with Gasteiger partial charge in [0.05, 0.1) is 5.69 Å². The van der Waals surface area contributed by atoms with Gasteiger partial charge in [0.15, 0.2) is 5.13 Å². The first-order chi connectivity index (χ1) is 8.72. The zero-order valence-electron chi connectivity index (χ0n) is 9.73. The van der Waals surface area contributed by atoms with Gasteiger partial charge in [0.1, 0.15) is 0 Å². The molecule has 3 aromatic rings. The number of carbonyl (C=O) groups is 1. The van der Waals surface area contributed by atoms with Gasteiger partial charge in [-0.15, -0.1) is 11.3 Å². The first-order valence-electron chi connectivity index (χ1n) is 5.53. The van der Waals surface area contributed by atoms with Crippen LogP contribution >= 0.6 is 11.3 Å². The van der Waals surface area contributed by atoms with Gasteiger partial charge in [-0.25, -0.2) is 4.98 Å². The van der Waals surface area contributed by atoms with Crippen LogP contribution < -0.4 is 5.32 Å². The van der Waals surface area contributed by atoms with Crippen LogP contribution in [0.5, 0.6) is 0 Å². The van der Waals surface area contributed by atoms with Crippen molar-refractivity contribution < 1.29 is 4.79 Å². The Bertz CT molecular complexity index is 714. The average Bonchev–Trinajstić information content (AvgIpc) is 2.96. The number of aromatic amines is 1. The van der Waals surface area contributed by atoms with E-state index in [-0.39, 0.29) is 5.91 Å². The summed E-state index contributed by atoms with van der Waals surface area (Å²) in [5.41, 5.74) is 2.49. The van der Waals surface area contributed by atoms with Crippen molar-refractivity contribution in [1.82, 2.24) is 9.97 Å². The molecule has 0 saturated heterocycles. The van der Waals surface area contributed by atoms with Crippen molar-refractivity contribution in [3.63, 3.8) is 0 Å². The minimum absolute atomic E-state index is 0.138. The molecule has 1 amide bonds. The molecule has 0 aliphatic rings. The van der Waals surface area contributed by atoms with Crippen LogP contribution in [0, 0.1) is 6.92 Å². The van der Waals surface area contributed by atoms with E-state index in [2.05, 4.69) is 15.3 Å². The van der Waals surface area contributed by atoms with Crippen LogP contribution in [0.1, 0.15) is 16.1 Å². The minimum atomic E-state index is -0.138. The van der Waals surface area contributed by atoms with Gasteiger partial charge in [0, 0.05) is 22.7 Å². The summed E-state index contributed by atoms with van der Waals surface area (Å²) in [4.78, 5) is 19.3. The third-order valence-electron chi connectivity index (χ3n) is 2.66. The molecule has 3 rings (SSSR count). The van der Waals surface area contributed by atoms with Crippen LogP contribution in [-0.4, -0.2) is 15.9 Å². The van der Waals surface area contributed by atoms with Crippen LogP contribution in [0.15, 0.2) is 35.8 Å². The summed E-state index contributed by atoms with van der Waals surface area (Å²) in [6.45, 7) is 1.90. The van der Waals surface area contributed by atoms with Crippen LogP contribution in [0.3, 0.4) is 0 Å². The molecule has 18 heavy (non-hydrogen) atoms. The summed E-state index contributed by atoms with van der Waals surface area (Å²) >= 11 is 1.43. The van der Waals surface area contributed by atoms with Gasteiger partial charge < -0.3 is 4.98 Å². The molecule has 0 saturated carbocycles. The molecule has 2 N–H and O–H groups in total. The largest absolute Gasteiger partial charge is 0.361 e. The fraction of sp³-hybridized carbons (Fsp3) is 0.0769. The predicted molar refractivity (Wildman–Crippen MR) is 73.1 cm³/mol. The van der Waals surface area contributed by atoms with E-state index >= 15 is 0 Å². The van der Waals surface area contributed by atoms with Crippen molar-refractivity contribution in [2.75, 3.05) is 5.32 Å². The number of hydrogen-bond donors (Lipinski definition) is 2. The quantitative estimate of drug-likeness (QED) is 0.740. The third kappa shape index (κ3) is 2.00. The number of thiazole rings is 1. The Kier molecular flexibility index (Phi) is 2.60. The molecular weight excluding hydrogens is 246 g/mol. The van der Waals surface area contributed by atoms with Crippen LogP contribution in [0.2, 0.25) is 0 Å².